The normalized spacial score (nSPS) is 11.2. The van der Waals surface area contributed by atoms with Gasteiger partial charge in [-0.15, -0.1) is 0 Å². The van der Waals surface area contributed by atoms with Crippen LogP contribution in [0, 0.1) is 13.8 Å². The molecule has 0 N–H and O–H groups in total. The van der Waals surface area contributed by atoms with E-state index in [9.17, 15) is 0 Å². The van der Waals surface area contributed by atoms with Gasteiger partial charge < -0.3 is 0 Å². The van der Waals surface area contributed by atoms with Crippen molar-refractivity contribution in [3.05, 3.63) is 51.8 Å². The summed E-state index contributed by atoms with van der Waals surface area (Å²) in [6.45, 7) is 9.13. The molecule has 0 aliphatic carbocycles. The van der Waals surface area contributed by atoms with E-state index in [1.165, 1.54) is 11.1 Å². The highest BCUT2D eigenvalue weighted by Gasteiger charge is 2.16. The Morgan fingerprint density at radius 1 is 1.17 bits per heavy atom. The van der Waals surface area contributed by atoms with Crippen LogP contribution in [-0.4, -0.2) is 9.78 Å². The number of benzene rings is 1. The molecular formula is C15H19ClN2. The van der Waals surface area contributed by atoms with Gasteiger partial charge in [0.1, 0.15) is 5.15 Å². The molecule has 2 nitrogen and oxygen atoms in total. The number of rotatable bonds is 3. The largest absolute Gasteiger partial charge is 0.249 e. The zero-order valence-electron chi connectivity index (χ0n) is 11.4. The predicted octanol–water partition coefficient (Wildman–Crippen LogP) is 4.33. The van der Waals surface area contributed by atoms with Gasteiger partial charge in [0.05, 0.1) is 12.2 Å². The first-order valence-electron chi connectivity index (χ1n) is 6.27. The molecule has 1 aromatic heterocycles. The molecule has 0 saturated heterocycles. The Morgan fingerprint density at radius 2 is 1.78 bits per heavy atom. The highest BCUT2D eigenvalue weighted by molar-refractivity contribution is 6.30. The van der Waals surface area contributed by atoms with Gasteiger partial charge >= 0.3 is 0 Å². The molecule has 0 spiro atoms. The average molecular weight is 263 g/mol. The molecule has 0 radical (unpaired) electrons. The average Bonchev–Trinajstić information content (AvgIpc) is 2.57. The van der Waals surface area contributed by atoms with E-state index in [4.69, 9.17) is 11.6 Å². The van der Waals surface area contributed by atoms with Crippen LogP contribution >= 0.6 is 11.6 Å². The zero-order chi connectivity index (χ0) is 13.3. The van der Waals surface area contributed by atoms with Crippen molar-refractivity contribution in [2.45, 2.75) is 40.2 Å². The molecule has 0 unspecified atom stereocenters. The third-order valence-corrected chi connectivity index (χ3v) is 3.54. The number of hydrogen-bond donors (Lipinski definition) is 0. The van der Waals surface area contributed by atoms with E-state index >= 15 is 0 Å². The fraction of sp³-hybridized carbons (Fsp3) is 0.400. The van der Waals surface area contributed by atoms with Crippen molar-refractivity contribution in [1.82, 2.24) is 9.78 Å². The fourth-order valence-corrected chi connectivity index (χ4v) is 2.65. The van der Waals surface area contributed by atoms with Gasteiger partial charge in [-0.3, -0.25) is 0 Å². The third kappa shape index (κ3) is 2.59. The van der Waals surface area contributed by atoms with Gasteiger partial charge in [-0.25, -0.2) is 4.68 Å². The smallest absolute Gasteiger partial charge is 0.131 e. The van der Waals surface area contributed by atoms with Gasteiger partial charge in [0, 0.05) is 5.56 Å². The summed E-state index contributed by atoms with van der Waals surface area (Å²) in [6.07, 6.45) is 0. The second kappa shape index (κ2) is 5.15. The molecule has 1 aromatic carbocycles. The maximum absolute atomic E-state index is 6.41. The van der Waals surface area contributed by atoms with Gasteiger partial charge in [0.2, 0.25) is 0 Å². The standard InChI is InChI=1S/C15H19ClN2/c1-10(2)14-12(4)17-18(15(14)16)9-13-7-5-11(3)6-8-13/h5-8,10H,9H2,1-4H3. The van der Waals surface area contributed by atoms with Crippen molar-refractivity contribution in [1.29, 1.82) is 0 Å². The van der Waals surface area contributed by atoms with Gasteiger partial charge in [0.25, 0.3) is 0 Å². The number of halogens is 1. The Morgan fingerprint density at radius 3 is 2.28 bits per heavy atom. The van der Waals surface area contributed by atoms with Crippen LogP contribution in [0.5, 0.6) is 0 Å². The Labute approximate surface area is 114 Å². The van der Waals surface area contributed by atoms with Gasteiger partial charge in [-0.1, -0.05) is 55.3 Å². The van der Waals surface area contributed by atoms with Crippen LogP contribution < -0.4 is 0 Å². The summed E-state index contributed by atoms with van der Waals surface area (Å²) in [5.74, 6) is 0.407. The first-order valence-corrected chi connectivity index (χ1v) is 6.65. The molecule has 18 heavy (non-hydrogen) atoms. The van der Waals surface area contributed by atoms with E-state index in [0.717, 1.165) is 23.0 Å². The monoisotopic (exact) mass is 262 g/mol. The lowest BCUT2D eigenvalue weighted by Crippen LogP contribution is -2.02. The van der Waals surface area contributed by atoms with E-state index in [2.05, 4.69) is 50.1 Å². The van der Waals surface area contributed by atoms with E-state index in [-0.39, 0.29) is 0 Å². The minimum absolute atomic E-state index is 0.407. The molecule has 96 valence electrons. The number of nitrogens with zero attached hydrogens (tertiary/aromatic N) is 2. The SMILES string of the molecule is Cc1ccc(Cn2nc(C)c(C(C)C)c2Cl)cc1. The predicted molar refractivity (Wildman–Crippen MR) is 76.3 cm³/mol. The molecule has 3 heteroatoms. The second-order valence-corrected chi connectivity index (χ2v) is 5.45. The van der Waals surface area contributed by atoms with Gasteiger partial charge in [0.15, 0.2) is 0 Å². The van der Waals surface area contributed by atoms with Crippen molar-refractivity contribution in [3.63, 3.8) is 0 Å². The summed E-state index contributed by atoms with van der Waals surface area (Å²) >= 11 is 6.41. The number of hydrogen-bond acceptors (Lipinski definition) is 1. The van der Waals surface area contributed by atoms with Crippen molar-refractivity contribution in [3.8, 4) is 0 Å². The number of aromatic nitrogens is 2. The minimum atomic E-state index is 0.407. The lowest BCUT2D eigenvalue weighted by molar-refractivity contribution is 0.679. The fourth-order valence-electron chi connectivity index (χ4n) is 2.19. The summed E-state index contributed by atoms with van der Waals surface area (Å²) < 4.78 is 1.89. The molecular weight excluding hydrogens is 244 g/mol. The summed E-state index contributed by atoms with van der Waals surface area (Å²) in [5.41, 5.74) is 4.68. The van der Waals surface area contributed by atoms with Gasteiger partial charge in [-0.05, 0) is 25.3 Å². The Kier molecular flexibility index (Phi) is 3.76. The maximum Gasteiger partial charge on any atom is 0.131 e. The molecule has 0 amide bonds. The van der Waals surface area contributed by atoms with Gasteiger partial charge in [-0.2, -0.15) is 5.10 Å². The summed E-state index contributed by atoms with van der Waals surface area (Å²) in [6, 6.07) is 8.47. The minimum Gasteiger partial charge on any atom is -0.249 e. The van der Waals surface area contributed by atoms with E-state index < -0.39 is 0 Å². The Balaban J connectivity index is 2.30. The van der Waals surface area contributed by atoms with Crippen molar-refractivity contribution in [2.24, 2.45) is 0 Å². The van der Waals surface area contributed by atoms with E-state index in [1.54, 1.807) is 0 Å². The summed E-state index contributed by atoms with van der Waals surface area (Å²) in [5, 5.41) is 5.30. The summed E-state index contributed by atoms with van der Waals surface area (Å²) in [4.78, 5) is 0. The van der Waals surface area contributed by atoms with E-state index in [0.29, 0.717) is 5.92 Å². The molecule has 2 rings (SSSR count). The van der Waals surface area contributed by atoms with Crippen LogP contribution in [-0.2, 0) is 6.54 Å². The highest BCUT2D eigenvalue weighted by atomic mass is 35.5. The second-order valence-electron chi connectivity index (χ2n) is 5.09. The molecule has 1 heterocycles. The van der Waals surface area contributed by atoms with Crippen LogP contribution in [0.4, 0.5) is 0 Å². The van der Waals surface area contributed by atoms with Crippen molar-refractivity contribution < 1.29 is 0 Å². The quantitative estimate of drug-likeness (QED) is 0.805. The molecule has 0 atom stereocenters. The molecule has 2 aromatic rings. The highest BCUT2D eigenvalue weighted by Crippen LogP contribution is 2.27. The van der Waals surface area contributed by atoms with Crippen LogP contribution in [0.15, 0.2) is 24.3 Å². The van der Waals surface area contributed by atoms with Crippen LogP contribution in [0.3, 0.4) is 0 Å². The van der Waals surface area contributed by atoms with Crippen LogP contribution in [0.2, 0.25) is 5.15 Å². The number of aryl methyl sites for hydroxylation is 2. The molecule has 0 fully saturated rings. The van der Waals surface area contributed by atoms with Crippen molar-refractivity contribution >= 4 is 11.6 Å². The lowest BCUT2D eigenvalue weighted by Gasteiger charge is -2.06. The zero-order valence-corrected chi connectivity index (χ0v) is 12.1. The van der Waals surface area contributed by atoms with Crippen molar-refractivity contribution in [2.75, 3.05) is 0 Å². The molecule has 0 bridgehead atoms. The topological polar surface area (TPSA) is 17.8 Å². The first-order chi connectivity index (χ1) is 8.49. The maximum atomic E-state index is 6.41. The third-order valence-electron chi connectivity index (χ3n) is 3.14. The van der Waals surface area contributed by atoms with Crippen LogP contribution in [0.1, 0.15) is 42.1 Å². The Hall–Kier alpha value is -1.28. The molecule has 0 saturated carbocycles. The van der Waals surface area contributed by atoms with Crippen LogP contribution in [0.25, 0.3) is 0 Å². The first kappa shape index (κ1) is 13.2. The molecule has 0 aliphatic rings. The molecule has 0 aliphatic heterocycles. The summed E-state index contributed by atoms with van der Waals surface area (Å²) in [7, 11) is 0. The van der Waals surface area contributed by atoms with E-state index in [1.807, 2.05) is 11.6 Å². The lowest BCUT2D eigenvalue weighted by atomic mass is 10.1. The Bertz CT molecular complexity index is 538.